The third-order valence-corrected chi connectivity index (χ3v) is 3.34. The second kappa shape index (κ2) is 5.08. The van der Waals surface area contributed by atoms with Crippen LogP contribution in [0.15, 0.2) is 59.1 Å². The molecule has 0 N–H and O–H groups in total. The van der Waals surface area contributed by atoms with Crippen LogP contribution >= 0.6 is 23.2 Å². The molecule has 1 heterocycles. The van der Waals surface area contributed by atoms with Gasteiger partial charge in [0.25, 0.3) is 0 Å². The summed E-state index contributed by atoms with van der Waals surface area (Å²) in [4.78, 5) is 0. The van der Waals surface area contributed by atoms with E-state index in [1.165, 1.54) is 0 Å². The second-order valence-corrected chi connectivity index (χ2v) is 4.83. The maximum Gasteiger partial charge on any atom is 0.234 e. The highest BCUT2D eigenvalue weighted by Gasteiger charge is 2.17. The summed E-state index contributed by atoms with van der Waals surface area (Å²) in [5.74, 6) is 0. The summed E-state index contributed by atoms with van der Waals surface area (Å²) in [6.07, 6.45) is 0. The summed E-state index contributed by atoms with van der Waals surface area (Å²) < 4.78 is 5.12. The van der Waals surface area contributed by atoms with Crippen molar-refractivity contribution in [3.8, 4) is 22.4 Å². The minimum absolute atomic E-state index is 0.279. The van der Waals surface area contributed by atoms with Gasteiger partial charge in [-0.05, 0) is 29.3 Å². The zero-order valence-electron chi connectivity index (χ0n) is 9.81. The van der Waals surface area contributed by atoms with Gasteiger partial charge in [0, 0.05) is 10.6 Å². The number of halogens is 2. The van der Waals surface area contributed by atoms with Crippen molar-refractivity contribution in [2.24, 2.45) is 0 Å². The van der Waals surface area contributed by atoms with E-state index in [9.17, 15) is 0 Å². The molecule has 0 saturated heterocycles. The van der Waals surface area contributed by atoms with E-state index in [1.807, 2.05) is 54.6 Å². The highest BCUT2D eigenvalue weighted by molar-refractivity contribution is 6.32. The molecule has 0 aliphatic rings. The van der Waals surface area contributed by atoms with Gasteiger partial charge in [-0.3, -0.25) is 0 Å². The molecule has 0 aliphatic carbocycles. The Morgan fingerprint density at radius 2 is 1.47 bits per heavy atom. The zero-order chi connectivity index (χ0) is 13.2. The topological polar surface area (TPSA) is 26.0 Å². The number of hydrogen-bond acceptors (Lipinski definition) is 2. The third-order valence-electron chi connectivity index (χ3n) is 2.83. The number of rotatable bonds is 2. The molecule has 0 saturated carbocycles. The molecule has 0 unspecified atom stereocenters. The van der Waals surface area contributed by atoms with Crippen LogP contribution in [-0.2, 0) is 0 Å². The van der Waals surface area contributed by atoms with Gasteiger partial charge >= 0.3 is 0 Å². The van der Waals surface area contributed by atoms with Gasteiger partial charge in [-0.2, -0.15) is 0 Å². The van der Waals surface area contributed by atoms with Gasteiger partial charge < -0.3 is 4.52 Å². The first-order valence-corrected chi connectivity index (χ1v) is 6.48. The molecule has 2 aromatic carbocycles. The Bertz CT molecular complexity index is 690. The van der Waals surface area contributed by atoms with Crippen LogP contribution in [-0.4, -0.2) is 5.16 Å². The van der Waals surface area contributed by atoms with E-state index in [-0.39, 0.29) is 5.22 Å². The lowest BCUT2D eigenvalue weighted by Crippen LogP contribution is -1.82. The second-order valence-electron chi connectivity index (χ2n) is 4.05. The lowest BCUT2D eigenvalue weighted by atomic mass is 10.0. The monoisotopic (exact) mass is 289 g/mol. The number of nitrogens with zero attached hydrogens (tertiary/aromatic N) is 1. The maximum absolute atomic E-state index is 6.11. The average Bonchev–Trinajstić information content (AvgIpc) is 2.83. The normalized spacial score (nSPS) is 10.6. The molecule has 3 rings (SSSR count). The largest absolute Gasteiger partial charge is 0.343 e. The van der Waals surface area contributed by atoms with Crippen molar-refractivity contribution >= 4 is 23.2 Å². The van der Waals surface area contributed by atoms with Gasteiger partial charge in [-0.15, -0.1) is 0 Å². The van der Waals surface area contributed by atoms with Crippen LogP contribution in [0, 0.1) is 0 Å². The van der Waals surface area contributed by atoms with Crippen LogP contribution in [0.25, 0.3) is 22.4 Å². The summed E-state index contributed by atoms with van der Waals surface area (Å²) >= 11 is 12.0. The number of hydrogen-bond donors (Lipinski definition) is 0. The molecule has 0 spiro atoms. The average molecular weight is 290 g/mol. The van der Waals surface area contributed by atoms with Crippen LogP contribution in [0.1, 0.15) is 0 Å². The minimum atomic E-state index is 0.279. The smallest absolute Gasteiger partial charge is 0.234 e. The Hall–Kier alpha value is -1.77. The molecular weight excluding hydrogens is 281 g/mol. The lowest BCUT2D eigenvalue weighted by Gasteiger charge is -2.02. The molecule has 2 nitrogen and oxygen atoms in total. The molecular formula is C15H9Cl2NO. The summed E-state index contributed by atoms with van der Waals surface area (Å²) in [6, 6.07) is 17.2. The summed E-state index contributed by atoms with van der Waals surface area (Å²) in [5.41, 5.74) is 3.40. The van der Waals surface area contributed by atoms with Crippen LogP contribution in [0.3, 0.4) is 0 Å². The first-order valence-electron chi connectivity index (χ1n) is 5.72. The zero-order valence-corrected chi connectivity index (χ0v) is 11.3. The van der Waals surface area contributed by atoms with Crippen molar-refractivity contribution in [3.05, 3.63) is 64.8 Å². The molecule has 0 aliphatic heterocycles. The Kier molecular flexibility index (Phi) is 3.28. The van der Waals surface area contributed by atoms with Gasteiger partial charge in [0.05, 0.1) is 5.56 Å². The molecule has 0 bridgehead atoms. The predicted octanol–water partition coefficient (Wildman–Crippen LogP) is 5.32. The number of benzene rings is 2. The summed E-state index contributed by atoms with van der Waals surface area (Å²) in [6.45, 7) is 0. The molecule has 0 amide bonds. The van der Waals surface area contributed by atoms with Crippen molar-refractivity contribution in [1.29, 1.82) is 0 Å². The standard InChI is InChI=1S/C15H9Cl2NO/c16-12-8-6-10(7-9-12)13-14(18-19-15(13)17)11-4-2-1-3-5-11/h1-9H. The Balaban J connectivity index is 2.17. The molecule has 1 aromatic heterocycles. The fourth-order valence-corrected chi connectivity index (χ4v) is 2.29. The Morgan fingerprint density at radius 1 is 0.789 bits per heavy atom. The third kappa shape index (κ3) is 2.37. The van der Waals surface area contributed by atoms with Gasteiger partial charge in [0.15, 0.2) is 0 Å². The van der Waals surface area contributed by atoms with Crippen molar-refractivity contribution in [3.63, 3.8) is 0 Å². The van der Waals surface area contributed by atoms with E-state index in [4.69, 9.17) is 27.7 Å². The molecule has 0 fully saturated rings. The van der Waals surface area contributed by atoms with E-state index in [0.717, 1.165) is 22.4 Å². The lowest BCUT2D eigenvalue weighted by molar-refractivity contribution is 0.424. The Morgan fingerprint density at radius 3 is 2.16 bits per heavy atom. The minimum Gasteiger partial charge on any atom is -0.343 e. The first kappa shape index (κ1) is 12.3. The summed E-state index contributed by atoms with van der Waals surface area (Å²) in [7, 11) is 0. The molecule has 0 atom stereocenters. The van der Waals surface area contributed by atoms with Gasteiger partial charge in [0.1, 0.15) is 5.69 Å². The highest BCUT2D eigenvalue weighted by Crippen LogP contribution is 2.37. The molecule has 0 radical (unpaired) electrons. The first-order chi connectivity index (χ1) is 9.25. The van der Waals surface area contributed by atoms with Crippen molar-refractivity contribution in [2.75, 3.05) is 0 Å². The quantitative estimate of drug-likeness (QED) is 0.638. The van der Waals surface area contributed by atoms with Crippen LogP contribution < -0.4 is 0 Å². The molecule has 19 heavy (non-hydrogen) atoms. The van der Waals surface area contributed by atoms with Crippen LogP contribution in [0.5, 0.6) is 0 Å². The fraction of sp³-hybridized carbons (Fsp3) is 0. The van der Waals surface area contributed by atoms with E-state index < -0.39 is 0 Å². The van der Waals surface area contributed by atoms with E-state index in [2.05, 4.69) is 5.16 Å². The maximum atomic E-state index is 6.11. The fourth-order valence-electron chi connectivity index (χ4n) is 1.93. The van der Waals surface area contributed by atoms with Crippen molar-refractivity contribution < 1.29 is 4.52 Å². The predicted molar refractivity (Wildman–Crippen MR) is 77.4 cm³/mol. The van der Waals surface area contributed by atoms with Crippen LogP contribution in [0.2, 0.25) is 10.2 Å². The van der Waals surface area contributed by atoms with Crippen molar-refractivity contribution in [1.82, 2.24) is 5.16 Å². The molecule has 3 aromatic rings. The van der Waals surface area contributed by atoms with Gasteiger partial charge in [0.2, 0.25) is 5.22 Å². The van der Waals surface area contributed by atoms with Crippen LogP contribution in [0.4, 0.5) is 0 Å². The van der Waals surface area contributed by atoms with E-state index in [0.29, 0.717) is 5.02 Å². The molecule has 94 valence electrons. The van der Waals surface area contributed by atoms with E-state index in [1.54, 1.807) is 0 Å². The molecule has 4 heteroatoms. The van der Waals surface area contributed by atoms with Gasteiger partial charge in [-0.25, -0.2) is 0 Å². The Labute approximate surface area is 120 Å². The van der Waals surface area contributed by atoms with Crippen molar-refractivity contribution in [2.45, 2.75) is 0 Å². The summed E-state index contributed by atoms with van der Waals surface area (Å²) in [5, 5.41) is 5.00. The van der Waals surface area contributed by atoms with Gasteiger partial charge in [-0.1, -0.05) is 59.2 Å². The number of aromatic nitrogens is 1. The highest BCUT2D eigenvalue weighted by atomic mass is 35.5. The SMILES string of the molecule is Clc1ccc(-c2c(-c3ccccc3)noc2Cl)cc1. The van der Waals surface area contributed by atoms with E-state index >= 15 is 0 Å².